The molecular weight excluding hydrogens is 426 g/mol. The van der Waals surface area contributed by atoms with Crippen LogP contribution in [0.15, 0.2) is 42.5 Å². The summed E-state index contributed by atoms with van der Waals surface area (Å²) in [5.41, 5.74) is 1.58. The van der Waals surface area contributed by atoms with Crippen molar-refractivity contribution in [1.29, 1.82) is 0 Å². The Kier molecular flexibility index (Phi) is 7.86. The van der Waals surface area contributed by atoms with Gasteiger partial charge in [-0.3, -0.25) is 13.9 Å². The SMILES string of the molecule is CCCNC(=O)c1ccccc1NC(=O)[C@H](C)N(c1cc(Cl)ccc1C)S(C)(=O)=O. The molecule has 9 heteroatoms. The molecule has 7 nitrogen and oxygen atoms in total. The lowest BCUT2D eigenvalue weighted by atomic mass is 10.1. The third kappa shape index (κ3) is 5.73. The molecule has 0 saturated carbocycles. The predicted octanol–water partition coefficient (Wildman–Crippen LogP) is 3.58. The van der Waals surface area contributed by atoms with Gasteiger partial charge in [-0.15, -0.1) is 0 Å². The van der Waals surface area contributed by atoms with Gasteiger partial charge in [0.15, 0.2) is 0 Å². The van der Waals surface area contributed by atoms with Crippen molar-refractivity contribution in [3.8, 4) is 0 Å². The Morgan fingerprint density at radius 3 is 2.47 bits per heavy atom. The topological polar surface area (TPSA) is 95.6 Å². The van der Waals surface area contributed by atoms with Crippen molar-refractivity contribution in [2.45, 2.75) is 33.2 Å². The van der Waals surface area contributed by atoms with E-state index in [0.717, 1.165) is 17.0 Å². The number of halogens is 1. The number of benzene rings is 2. The fraction of sp³-hybridized carbons (Fsp3) is 0.333. The van der Waals surface area contributed by atoms with Gasteiger partial charge in [-0.1, -0.05) is 36.7 Å². The van der Waals surface area contributed by atoms with Gasteiger partial charge in [-0.05, 0) is 50.1 Å². The van der Waals surface area contributed by atoms with Crippen molar-refractivity contribution in [1.82, 2.24) is 5.32 Å². The van der Waals surface area contributed by atoms with Gasteiger partial charge in [-0.2, -0.15) is 0 Å². The van der Waals surface area contributed by atoms with Crippen molar-refractivity contribution in [2.75, 3.05) is 22.4 Å². The maximum absolute atomic E-state index is 13.0. The summed E-state index contributed by atoms with van der Waals surface area (Å²) >= 11 is 6.06. The molecule has 1 atom stereocenters. The van der Waals surface area contributed by atoms with E-state index < -0.39 is 22.0 Å². The van der Waals surface area contributed by atoms with Gasteiger partial charge in [0.1, 0.15) is 6.04 Å². The first kappa shape index (κ1) is 23.7. The molecule has 0 saturated heterocycles. The van der Waals surface area contributed by atoms with E-state index in [9.17, 15) is 18.0 Å². The second-order valence-electron chi connectivity index (χ2n) is 6.96. The number of carbonyl (C=O) groups is 2. The average Bonchev–Trinajstić information content (AvgIpc) is 2.68. The van der Waals surface area contributed by atoms with E-state index in [-0.39, 0.29) is 5.91 Å². The fourth-order valence-corrected chi connectivity index (χ4v) is 4.35. The summed E-state index contributed by atoms with van der Waals surface area (Å²) < 4.78 is 26.1. The molecule has 0 spiro atoms. The molecule has 2 N–H and O–H groups in total. The molecule has 0 heterocycles. The molecule has 30 heavy (non-hydrogen) atoms. The van der Waals surface area contributed by atoms with E-state index in [0.29, 0.717) is 34.1 Å². The van der Waals surface area contributed by atoms with Crippen molar-refractivity contribution in [3.05, 3.63) is 58.6 Å². The Hall–Kier alpha value is -2.58. The van der Waals surface area contributed by atoms with E-state index in [1.54, 1.807) is 43.3 Å². The lowest BCUT2D eigenvalue weighted by Crippen LogP contribution is -2.46. The highest BCUT2D eigenvalue weighted by Gasteiger charge is 2.31. The predicted molar refractivity (Wildman–Crippen MR) is 121 cm³/mol. The first-order chi connectivity index (χ1) is 14.1. The maximum atomic E-state index is 13.0. The zero-order chi connectivity index (χ0) is 22.5. The Morgan fingerprint density at radius 1 is 1.17 bits per heavy atom. The number of nitrogens with zero attached hydrogens (tertiary/aromatic N) is 1. The van der Waals surface area contributed by atoms with Gasteiger partial charge < -0.3 is 10.6 Å². The standard InChI is InChI=1S/C21H26ClN3O4S/c1-5-12-23-21(27)17-8-6-7-9-18(17)24-20(26)15(3)25(30(4,28)29)19-13-16(22)11-10-14(19)2/h6-11,13,15H,5,12H2,1-4H3,(H,23,27)(H,24,26)/t15-/m0/s1. The van der Waals surface area contributed by atoms with E-state index in [4.69, 9.17) is 11.6 Å². The Labute approximate surface area is 182 Å². The van der Waals surface area contributed by atoms with Crippen LogP contribution in [0.4, 0.5) is 11.4 Å². The van der Waals surface area contributed by atoms with Crippen LogP contribution in [0.2, 0.25) is 5.02 Å². The molecule has 0 fully saturated rings. The summed E-state index contributed by atoms with van der Waals surface area (Å²) in [5.74, 6) is -0.887. The van der Waals surface area contributed by atoms with E-state index in [1.807, 2.05) is 6.92 Å². The second-order valence-corrected chi connectivity index (χ2v) is 9.25. The zero-order valence-corrected chi connectivity index (χ0v) is 19.0. The molecule has 0 aliphatic rings. The quantitative estimate of drug-likeness (QED) is 0.641. The van der Waals surface area contributed by atoms with Crippen molar-refractivity contribution in [2.24, 2.45) is 0 Å². The normalized spacial score (nSPS) is 12.2. The average molecular weight is 452 g/mol. The number of anilines is 2. The van der Waals surface area contributed by atoms with Crippen LogP contribution < -0.4 is 14.9 Å². The lowest BCUT2D eigenvalue weighted by Gasteiger charge is -2.29. The van der Waals surface area contributed by atoms with Crippen LogP contribution in [-0.2, 0) is 14.8 Å². The molecule has 2 aromatic rings. The summed E-state index contributed by atoms with van der Waals surface area (Å²) in [6.45, 7) is 5.67. The number of aryl methyl sites for hydroxylation is 1. The van der Waals surface area contributed by atoms with Crippen molar-refractivity contribution >= 4 is 44.8 Å². The number of sulfonamides is 1. The highest BCUT2D eigenvalue weighted by Crippen LogP contribution is 2.28. The van der Waals surface area contributed by atoms with Crippen LogP contribution in [0, 0.1) is 6.92 Å². The number of para-hydroxylation sites is 1. The number of hydrogen-bond donors (Lipinski definition) is 2. The molecule has 2 rings (SSSR count). The molecule has 2 amide bonds. The molecule has 0 aromatic heterocycles. The minimum absolute atomic E-state index is 0.302. The molecule has 0 unspecified atom stereocenters. The molecule has 2 aromatic carbocycles. The highest BCUT2D eigenvalue weighted by molar-refractivity contribution is 7.92. The number of carbonyl (C=O) groups excluding carboxylic acids is 2. The molecular formula is C21H26ClN3O4S. The van der Waals surface area contributed by atoms with Gasteiger partial charge in [0.2, 0.25) is 15.9 Å². The van der Waals surface area contributed by atoms with Gasteiger partial charge in [0.05, 0.1) is 23.2 Å². The first-order valence-corrected chi connectivity index (χ1v) is 11.7. The summed E-state index contributed by atoms with van der Waals surface area (Å²) in [4.78, 5) is 25.4. The molecule has 0 bridgehead atoms. The molecule has 0 aliphatic carbocycles. The van der Waals surface area contributed by atoms with Crippen LogP contribution in [-0.4, -0.2) is 39.1 Å². The van der Waals surface area contributed by atoms with Gasteiger partial charge in [0.25, 0.3) is 5.91 Å². The van der Waals surface area contributed by atoms with Crippen molar-refractivity contribution in [3.63, 3.8) is 0 Å². The van der Waals surface area contributed by atoms with Crippen LogP contribution in [0.5, 0.6) is 0 Å². The Bertz CT molecular complexity index is 1040. The monoisotopic (exact) mass is 451 g/mol. The summed E-state index contributed by atoms with van der Waals surface area (Å²) in [5, 5.41) is 5.81. The molecule has 0 aliphatic heterocycles. The van der Waals surface area contributed by atoms with E-state index in [1.165, 1.54) is 13.0 Å². The number of hydrogen-bond acceptors (Lipinski definition) is 4. The third-order valence-corrected chi connectivity index (χ3v) is 5.92. The molecule has 0 radical (unpaired) electrons. The van der Waals surface area contributed by atoms with Crippen LogP contribution in [0.1, 0.15) is 36.2 Å². The maximum Gasteiger partial charge on any atom is 0.253 e. The van der Waals surface area contributed by atoms with Crippen LogP contribution >= 0.6 is 11.6 Å². The Morgan fingerprint density at radius 2 is 1.83 bits per heavy atom. The molecule has 162 valence electrons. The lowest BCUT2D eigenvalue weighted by molar-refractivity contribution is -0.116. The number of amides is 2. The second kappa shape index (κ2) is 9.95. The largest absolute Gasteiger partial charge is 0.352 e. The van der Waals surface area contributed by atoms with Gasteiger partial charge in [-0.25, -0.2) is 8.42 Å². The zero-order valence-electron chi connectivity index (χ0n) is 17.4. The smallest absolute Gasteiger partial charge is 0.253 e. The Balaban J connectivity index is 2.36. The third-order valence-electron chi connectivity index (χ3n) is 4.46. The number of nitrogens with one attached hydrogen (secondary N) is 2. The minimum atomic E-state index is -3.80. The van der Waals surface area contributed by atoms with Crippen LogP contribution in [0.25, 0.3) is 0 Å². The van der Waals surface area contributed by atoms with Gasteiger partial charge >= 0.3 is 0 Å². The van der Waals surface area contributed by atoms with E-state index >= 15 is 0 Å². The minimum Gasteiger partial charge on any atom is -0.352 e. The first-order valence-electron chi connectivity index (χ1n) is 9.50. The fourth-order valence-electron chi connectivity index (χ4n) is 2.96. The highest BCUT2D eigenvalue weighted by atomic mass is 35.5. The summed E-state index contributed by atoms with van der Waals surface area (Å²) in [6, 6.07) is 10.3. The summed E-state index contributed by atoms with van der Waals surface area (Å²) in [7, 11) is -3.80. The van der Waals surface area contributed by atoms with Gasteiger partial charge in [0, 0.05) is 11.6 Å². The van der Waals surface area contributed by atoms with E-state index in [2.05, 4.69) is 10.6 Å². The van der Waals surface area contributed by atoms with Crippen molar-refractivity contribution < 1.29 is 18.0 Å². The summed E-state index contributed by atoms with van der Waals surface area (Å²) in [6.07, 6.45) is 1.81. The number of rotatable bonds is 8. The van der Waals surface area contributed by atoms with Crippen LogP contribution in [0.3, 0.4) is 0 Å².